The summed E-state index contributed by atoms with van der Waals surface area (Å²) >= 11 is 0. The van der Waals surface area contributed by atoms with Crippen LogP contribution in [0.15, 0.2) is 4.99 Å². The number of hydrogen-bond acceptors (Lipinski definition) is 2. The predicted molar refractivity (Wildman–Crippen MR) is 31.8 cm³/mol. The van der Waals surface area contributed by atoms with E-state index in [1.807, 2.05) is 6.92 Å². The van der Waals surface area contributed by atoms with Crippen LogP contribution < -0.4 is 0 Å². The molecule has 0 aromatic rings. The highest BCUT2D eigenvalue weighted by Gasteiger charge is 1.95. The maximum absolute atomic E-state index is 4.79. The summed E-state index contributed by atoms with van der Waals surface area (Å²) < 4.78 is 4.79. The van der Waals surface area contributed by atoms with Gasteiger partial charge in [-0.1, -0.05) is 0 Å². The van der Waals surface area contributed by atoms with Gasteiger partial charge in [-0.15, -0.1) is 0 Å². The van der Waals surface area contributed by atoms with Gasteiger partial charge in [0.2, 0.25) is 0 Å². The molecule has 1 unspecified atom stereocenters. The Morgan fingerprint density at radius 1 is 1.86 bits per heavy atom. The fraction of sp³-hybridized carbons (Fsp3) is 0.750. The largest absolute Gasteiger partial charge is 0.418 e. The summed E-state index contributed by atoms with van der Waals surface area (Å²) in [6.07, 6.45) is 0. The van der Waals surface area contributed by atoms with Gasteiger partial charge in [0.1, 0.15) is 0 Å². The third kappa shape index (κ3) is 3.68. The Bertz CT molecular complexity index is 57.7. The zero-order valence-electron chi connectivity index (χ0n) is 4.64. The molecule has 0 aliphatic rings. The number of aliphatic imine (C=N–C) groups is 1. The standard InChI is InChI=1S/C4H9NOSi/c1-4(5-2)7-6-3/h4H,2H2,1,3H3. The molecule has 0 aliphatic heterocycles. The molecule has 0 aromatic carbocycles. The fourth-order valence-electron chi connectivity index (χ4n) is 0.208. The van der Waals surface area contributed by atoms with E-state index in [9.17, 15) is 0 Å². The molecule has 0 saturated carbocycles. The monoisotopic (exact) mass is 115 g/mol. The summed E-state index contributed by atoms with van der Waals surface area (Å²) in [7, 11) is 2.13. The van der Waals surface area contributed by atoms with Crippen LogP contribution >= 0.6 is 0 Å². The topological polar surface area (TPSA) is 21.6 Å². The summed E-state index contributed by atoms with van der Waals surface area (Å²) in [4.78, 5) is 3.72. The van der Waals surface area contributed by atoms with Crippen molar-refractivity contribution in [3.05, 3.63) is 0 Å². The van der Waals surface area contributed by atoms with Crippen molar-refractivity contribution < 1.29 is 4.43 Å². The van der Waals surface area contributed by atoms with E-state index in [-0.39, 0.29) is 5.67 Å². The fourth-order valence-corrected chi connectivity index (χ4v) is 0.623. The summed E-state index contributed by atoms with van der Waals surface area (Å²) in [6.45, 7) is 5.32. The molecule has 7 heavy (non-hydrogen) atoms. The third-order valence-corrected chi connectivity index (χ3v) is 1.32. The minimum atomic E-state index is 0.269. The SMILES string of the molecule is C=NC(C)[Si]OC. The van der Waals surface area contributed by atoms with E-state index in [1.165, 1.54) is 0 Å². The Hall–Kier alpha value is -0.153. The second kappa shape index (κ2) is 4.02. The van der Waals surface area contributed by atoms with E-state index in [4.69, 9.17) is 4.43 Å². The van der Waals surface area contributed by atoms with E-state index < -0.39 is 0 Å². The zero-order chi connectivity index (χ0) is 5.70. The Labute approximate surface area is 46.5 Å². The average molecular weight is 115 g/mol. The van der Waals surface area contributed by atoms with Crippen LogP contribution in [0.25, 0.3) is 0 Å². The molecular weight excluding hydrogens is 106 g/mol. The number of rotatable bonds is 3. The summed E-state index contributed by atoms with van der Waals surface area (Å²) in [5.41, 5.74) is 0.269. The van der Waals surface area contributed by atoms with Crippen LogP contribution in [0, 0.1) is 0 Å². The van der Waals surface area contributed by atoms with Crippen LogP contribution in [0.5, 0.6) is 0 Å². The molecule has 0 N–H and O–H groups in total. The van der Waals surface area contributed by atoms with Gasteiger partial charge in [0.05, 0.1) is 5.67 Å². The lowest BCUT2D eigenvalue weighted by molar-refractivity contribution is 0.434. The van der Waals surface area contributed by atoms with Crippen molar-refractivity contribution in [2.75, 3.05) is 7.11 Å². The summed E-state index contributed by atoms with van der Waals surface area (Å²) in [5.74, 6) is 0. The first-order valence-electron chi connectivity index (χ1n) is 2.05. The lowest BCUT2D eigenvalue weighted by Crippen LogP contribution is -2.10. The second-order valence-corrected chi connectivity index (χ2v) is 2.66. The Kier molecular flexibility index (Phi) is 3.93. The van der Waals surface area contributed by atoms with Crippen molar-refractivity contribution in [1.82, 2.24) is 0 Å². The predicted octanol–water partition coefficient (Wildman–Crippen LogP) is 0.299. The lowest BCUT2D eigenvalue weighted by atomic mass is 10.8. The molecule has 2 radical (unpaired) electrons. The van der Waals surface area contributed by atoms with Crippen LogP contribution in [0.4, 0.5) is 0 Å². The smallest absolute Gasteiger partial charge is 0.256 e. The van der Waals surface area contributed by atoms with Gasteiger partial charge in [-0.2, -0.15) is 0 Å². The van der Waals surface area contributed by atoms with E-state index in [1.54, 1.807) is 7.11 Å². The van der Waals surface area contributed by atoms with Gasteiger partial charge in [0, 0.05) is 7.11 Å². The molecule has 0 saturated heterocycles. The molecular formula is C4H9NOSi. The number of nitrogens with zero attached hydrogens (tertiary/aromatic N) is 1. The molecule has 0 rings (SSSR count). The minimum absolute atomic E-state index is 0.269. The van der Waals surface area contributed by atoms with Gasteiger partial charge >= 0.3 is 0 Å². The van der Waals surface area contributed by atoms with Gasteiger partial charge in [0.25, 0.3) is 9.76 Å². The van der Waals surface area contributed by atoms with Crippen LogP contribution in [-0.2, 0) is 4.43 Å². The Morgan fingerprint density at radius 3 is 2.57 bits per heavy atom. The molecule has 3 heteroatoms. The van der Waals surface area contributed by atoms with Crippen LogP contribution in [0.2, 0.25) is 0 Å². The summed E-state index contributed by atoms with van der Waals surface area (Å²) in [5, 5.41) is 0. The van der Waals surface area contributed by atoms with E-state index in [0.29, 0.717) is 9.76 Å². The van der Waals surface area contributed by atoms with Crippen molar-refractivity contribution in [1.29, 1.82) is 0 Å². The molecule has 0 spiro atoms. The van der Waals surface area contributed by atoms with Gasteiger partial charge in [-0.3, -0.25) is 4.99 Å². The highest BCUT2D eigenvalue weighted by atomic mass is 28.2. The molecule has 0 bridgehead atoms. The van der Waals surface area contributed by atoms with E-state index in [0.717, 1.165) is 0 Å². The van der Waals surface area contributed by atoms with Crippen molar-refractivity contribution in [2.24, 2.45) is 4.99 Å². The van der Waals surface area contributed by atoms with Gasteiger partial charge in [-0.05, 0) is 13.6 Å². The molecule has 1 atom stereocenters. The van der Waals surface area contributed by atoms with Crippen molar-refractivity contribution in [3.8, 4) is 0 Å². The van der Waals surface area contributed by atoms with Crippen LogP contribution in [0.3, 0.4) is 0 Å². The molecule has 0 aliphatic carbocycles. The van der Waals surface area contributed by atoms with Crippen molar-refractivity contribution in [2.45, 2.75) is 12.6 Å². The first-order chi connectivity index (χ1) is 3.31. The lowest BCUT2D eigenvalue weighted by Gasteiger charge is -1.96. The normalized spacial score (nSPS) is 13.4. The summed E-state index contributed by atoms with van der Waals surface area (Å²) in [6, 6.07) is 0. The molecule has 0 aromatic heterocycles. The zero-order valence-corrected chi connectivity index (χ0v) is 5.64. The van der Waals surface area contributed by atoms with Crippen molar-refractivity contribution in [3.63, 3.8) is 0 Å². The first-order valence-corrected chi connectivity index (χ1v) is 3.04. The van der Waals surface area contributed by atoms with E-state index >= 15 is 0 Å². The third-order valence-electron chi connectivity index (χ3n) is 0.562. The second-order valence-electron chi connectivity index (χ2n) is 1.18. The van der Waals surface area contributed by atoms with Crippen LogP contribution in [-0.4, -0.2) is 29.3 Å². The highest BCUT2D eigenvalue weighted by molar-refractivity contribution is 6.29. The Balaban J connectivity index is 2.98. The Morgan fingerprint density at radius 2 is 2.43 bits per heavy atom. The van der Waals surface area contributed by atoms with Gasteiger partial charge in [-0.25, -0.2) is 0 Å². The van der Waals surface area contributed by atoms with Gasteiger partial charge in [0.15, 0.2) is 0 Å². The molecule has 40 valence electrons. The van der Waals surface area contributed by atoms with Crippen molar-refractivity contribution >= 4 is 16.5 Å². The molecule has 0 amide bonds. The van der Waals surface area contributed by atoms with Gasteiger partial charge < -0.3 is 4.43 Å². The van der Waals surface area contributed by atoms with Crippen LogP contribution in [0.1, 0.15) is 6.92 Å². The quantitative estimate of drug-likeness (QED) is 0.383. The average Bonchev–Trinajstić information content (AvgIpc) is 1.68. The minimum Gasteiger partial charge on any atom is -0.418 e. The maximum atomic E-state index is 4.79. The maximum Gasteiger partial charge on any atom is 0.256 e. The van der Waals surface area contributed by atoms with E-state index in [2.05, 4.69) is 11.7 Å². The first kappa shape index (κ1) is 6.85. The molecule has 0 heterocycles. The molecule has 2 nitrogen and oxygen atoms in total. The highest BCUT2D eigenvalue weighted by Crippen LogP contribution is 1.81. The molecule has 0 fully saturated rings. The number of hydrogen-bond donors (Lipinski definition) is 0.